The summed E-state index contributed by atoms with van der Waals surface area (Å²) in [5.41, 5.74) is 2.42. The van der Waals surface area contributed by atoms with E-state index in [2.05, 4.69) is 27.3 Å². The molecule has 1 aromatic heterocycles. The Bertz CT molecular complexity index is 488. The van der Waals surface area contributed by atoms with Gasteiger partial charge in [0.1, 0.15) is 0 Å². The summed E-state index contributed by atoms with van der Waals surface area (Å²) in [7, 11) is 0. The number of carbonyl (C=O) groups excluding carboxylic acids is 1. The molecular weight excluding hydrogens is 274 g/mol. The number of nitrogens with zero attached hydrogens (tertiary/aromatic N) is 2. The van der Waals surface area contributed by atoms with Gasteiger partial charge in [-0.2, -0.15) is 0 Å². The SMILES string of the molecule is Cc1ccc(C2CCN(CC(=O)NCC3CCC3)CC2)cn1. The fraction of sp³-hybridized carbons (Fsp3) is 0.667. The summed E-state index contributed by atoms with van der Waals surface area (Å²) < 4.78 is 0. The summed E-state index contributed by atoms with van der Waals surface area (Å²) in [6, 6.07) is 4.30. The van der Waals surface area contributed by atoms with Crippen molar-refractivity contribution in [3.05, 3.63) is 29.6 Å². The Morgan fingerprint density at radius 3 is 2.64 bits per heavy atom. The van der Waals surface area contributed by atoms with Crippen molar-refractivity contribution in [2.75, 3.05) is 26.2 Å². The van der Waals surface area contributed by atoms with Crippen LogP contribution in [0.1, 0.15) is 49.3 Å². The van der Waals surface area contributed by atoms with Crippen molar-refractivity contribution in [1.82, 2.24) is 15.2 Å². The van der Waals surface area contributed by atoms with Crippen LogP contribution in [0, 0.1) is 12.8 Å². The molecule has 2 aliphatic rings. The second-order valence-electron chi connectivity index (χ2n) is 6.88. The zero-order valence-electron chi connectivity index (χ0n) is 13.6. The van der Waals surface area contributed by atoms with Gasteiger partial charge in [-0.3, -0.25) is 14.7 Å². The molecule has 4 nitrogen and oxygen atoms in total. The minimum absolute atomic E-state index is 0.197. The Morgan fingerprint density at radius 1 is 1.27 bits per heavy atom. The molecule has 1 saturated carbocycles. The van der Waals surface area contributed by atoms with Crippen molar-refractivity contribution < 1.29 is 4.79 Å². The lowest BCUT2D eigenvalue weighted by Crippen LogP contribution is -2.42. The first kappa shape index (κ1) is 15.5. The molecule has 0 spiro atoms. The maximum Gasteiger partial charge on any atom is 0.234 e. The van der Waals surface area contributed by atoms with Crippen LogP contribution in [-0.4, -0.2) is 42.0 Å². The molecule has 3 rings (SSSR count). The second-order valence-corrected chi connectivity index (χ2v) is 6.88. The standard InChI is InChI=1S/C18H27N3O/c1-14-5-6-17(12-19-14)16-7-9-21(10-8-16)13-18(22)20-11-15-3-2-4-15/h5-6,12,15-16H,2-4,7-11,13H2,1H3,(H,20,22). The van der Waals surface area contributed by atoms with Gasteiger partial charge in [-0.1, -0.05) is 12.5 Å². The first-order chi connectivity index (χ1) is 10.7. The van der Waals surface area contributed by atoms with Crippen molar-refractivity contribution in [2.45, 2.75) is 44.9 Å². The number of pyridine rings is 1. The predicted octanol–water partition coefficient (Wildman–Crippen LogP) is 2.49. The van der Waals surface area contributed by atoms with Gasteiger partial charge in [0, 0.05) is 18.4 Å². The Balaban J connectivity index is 1.39. The van der Waals surface area contributed by atoms with Gasteiger partial charge >= 0.3 is 0 Å². The highest BCUT2D eigenvalue weighted by Gasteiger charge is 2.23. The lowest BCUT2D eigenvalue weighted by Gasteiger charge is -2.32. The van der Waals surface area contributed by atoms with Crippen molar-refractivity contribution >= 4 is 5.91 Å². The molecule has 0 aromatic carbocycles. The third-order valence-corrected chi connectivity index (χ3v) is 5.17. The zero-order valence-corrected chi connectivity index (χ0v) is 13.6. The predicted molar refractivity (Wildman–Crippen MR) is 87.7 cm³/mol. The van der Waals surface area contributed by atoms with E-state index in [1.807, 2.05) is 13.1 Å². The molecule has 2 heterocycles. The Hall–Kier alpha value is -1.42. The van der Waals surface area contributed by atoms with Gasteiger partial charge in [0.05, 0.1) is 6.54 Å². The summed E-state index contributed by atoms with van der Waals surface area (Å²) in [6.45, 7) is 5.48. The van der Waals surface area contributed by atoms with Gasteiger partial charge in [0.2, 0.25) is 5.91 Å². The quantitative estimate of drug-likeness (QED) is 0.909. The topological polar surface area (TPSA) is 45.2 Å². The van der Waals surface area contributed by atoms with Gasteiger partial charge in [0.15, 0.2) is 0 Å². The normalized spacial score (nSPS) is 20.6. The first-order valence-electron chi connectivity index (χ1n) is 8.62. The summed E-state index contributed by atoms with van der Waals surface area (Å²) in [4.78, 5) is 18.7. The van der Waals surface area contributed by atoms with E-state index in [9.17, 15) is 4.79 Å². The molecule has 1 aliphatic heterocycles. The highest BCUT2D eigenvalue weighted by molar-refractivity contribution is 5.78. The van der Waals surface area contributed by atoms with Gasteiger partial charge < -0.3 is 5.32 Å². The van der Waals surface area contributed by atoms with Gasteiger partial charge in [-0.25, -0.2) is 0 Å². The molecule has 1 aliphatic carbocycles. The van der Waals surface area contributed by atoms with E-state index in [4.69, 9.17) is 0 Å². The van der Waals surface area contributed by atoms with E-state index < -0.39 is 0 Å². The van der Waals surface area contributed by atoms with Gasteiger partial charge in [0.25, 0.3) is 0 Å². The minimum Gasteiger partial charge on any atom is -0.355 e. The second kappa shape index (κ2) is 7.23. The Labute approximate surface area is 133 Å². The highest BCUT2D eigenvalue weighted by atomic mass is 16.2. The molecule has 0 bridgehead atoms. The maximum atomic E-state index is 12.0. The van der Waals surface area contributed by atoms with Crippen LogP contribution in [0.15, 0.2) is 18.3 Å². The zero-order chi connectivity index (χ0) is 15.4. The van der Waals surface area contributed by atoms with E-state index in [-0.39, 0.29) is 5.91 Å². The average Bonchev–Trinajstić information content (AvgIpc) is 2.47. The molecule has 120 valence electrons. The van der Waals surface area contributed by atoms with Crippen molar-refractivity contribution in [2.24, 2.45) is 5.92 Å². The van der Waals surface area contributed by atoms with Crippen LogP contribution in [0.5, 0.6) is 0 Å². The molecule has 2 fully saturated rings. The van der Waals surface area contributed by atoms with E-state index in [0.717, 1.165) is 44.1 Å². The Kier molecular flexibility index (Phi) is 5.08. The molecular formula is C18H27N3O. The summed E-state index contributed by atoms with van der Waals surface area (Å²) in [6.07, 6.45) is 8.18. The molecule has 1 N–H and O–H groups in total. The first-order valence-corrected chi connectivity index (χ1v) is 8.62. The monoisotopic (exact) mass is 301 g/mol. The molecule has 0 atom stereocenters. The highest BCUT2D eigenvalue weighted by Crippen LogP contribution is 2.27. The van der Waals surface area contributed by atoms with Crippen LogP contribution in [0.25, 0.3) is 0 Å². The molecule has 0 radical (unpaired) electrons. The lowest BCUT2D eigenvalue weighted by molar-refractivity contribution is -0.122. The number of piperidine rings is 1. The number of nitrogens with one attached hydrogen (secondary N) is 1. The lowest BCUT2D eigenvalue weighted by atomic mass is 9.85. The average molecular weight is 301 g/mol. The fourth-order valence-corrected chi connectivity index (χ4v) is 3.36. The Morgan fingerprint density at radius 2 is 2.05 bits per heavy atom. The number of hydrogen-bond donors (Lipinski definition) is 1. The summed E-state index contributed by atoms with van der Waals surface area (Å²) in [5.74, 6) is 1.54. The van der Waals surface area contributed by atoms with Crippen LogP contribution in [0.2, 0.25) is 0 Å². The largest absolute Gasteiger partial charge is 0.355 e. The molecule has 1 aromatic rings. The number of hydrogen-bond acceptors (Lipinski definition) is 3. The van der Waals surface area contributed by atoms with Crippen molar-refractivity contribution in [3.63, 3.8) is 0 Å². The summed E-state index contributed by atoms with van der Waals surface area (Å²) >= 11 is 0. The van der Waals surface area contributed by atoms with Gasteiger partial charge in [-0.15, -0.1) is 0 Å². The molecule has 4 heteroatoms. The third kappa shape index (κ3) is 4.07. The smallest absolute Gasteiger partial charge is 0.234 e. The third-order valence-electron chi connectivity index (χ3n) is 5.17. The van der Waals surface area contributed by atoms with Crippen LogP contribution in [0.3, 0.4) is 0 Å². The van der Waals surface area contributed by atoms with Crippen molar-refractivity contribution in [3.8, 4) is 0 Å². The van der Waals surface area contributed by atoms with Crippen LogP contribution < -0.4 is 5.32 Å². The molecule has 1 saturated heterocycles. The van der Waals surface area contributed by atoms with Gasteiger partial charge in [-0.05, 0) is 69.2 Å². The molecule has 0 unspecified atom stereocenters. The fourth-order valence-electron chi connectivity index (χ4n) is 3.36. The number of rotatable bonds is 5. The summed E-state index contributed by atoms with van der Waals surface area (Å²) in [5, 5.41) is 3.09. The number of amides is 1. The minimum atomic E-state index is 0.197. The number of likely N-dealkylation sites (tertiary alicyclic amines) is 1. The van der Waals surface area contributed by atoms with Crippen LogP contribution >= 0.6 is 0 Å². The van der Waals surface area contributed by atoms with Crippen LogP contribution in [-0.2, 0) is 4.79 Å². The number of aromatic nitrogens is 1. The van der Waals surface area contributed by atoms with E-state index >= 15 is 0 Å². The maximum absolute atomic E-state index is 12.0. The van der Waals surface area contributed by atoms with E-state index in [1.54, 1.807) is 0 Å². The van der Waals surface area contributed by atoms with Crippen LogP contribution in [0.4, 0.5) is 0 Å². The number of aryl methyl sites for hydroxylation is 1. The van der Waals surface area contributed by atoms with E-state index in [1.165, 1.54) is 24.8 Å². The number of carbonyl (C=O) groups is 1. The van der Waals surface area contributed by atoms with Crippen molar-refractivity contribution in [1.29, 1.82) is 0 Å². The molecule has 22 heavy (non-hydrogen) atoms. The van der Waals surface area contributed by atoms with E-state index in [0.29, 0.717) is 12.5 Å². The molecule has 1 amide bonds.